The van der Waals surface area contributed by atoms with Crippen LogP contribution in [-0.4, -0.2) is 27.6 Å². The first-order valence-corrected chi connectivity index (χ1v) is 6.29. The Morgan fingerprint density at radius 2 is 2.21 bits per heavy atom. The van der Waals surface area contributed by atoms with E-state index >= 15 is 0 Å². The number of carbonyl (C=O) groups is 1. The van der Waals surface area contributed by atoms with Crippen molar-refractivity contribution in [3.8, 4) is 11.8 Å². The van der Waals surface area contributed by atoms with Crippen LogP contribution in [0, 0.1) is 18.8 Å². The van der Waals surface area contributed by atoms with Gasteiger partial charge in [0.15, 0.2) is 0 Å². The first-order chi connectivity index (χ1) is 9.20. The number of aryl methyl sites for hydroxylation is 1. The number of aliphatic hydroxyl groups is 1. The second-order valence-electron chi connectivity index (χ2n) is 3.66. The smallest absolute Gasteiger partial charge is 0.265 e. The quantitative estimate of drug-likeness (QED) is 0.812. The number of hydrogen-bond acceptors (Lipinski definition) is 5. The number of rotatable bonds is 2. The zero-order chi connectivity index (χ0) is 13.7. The Bertz CT molecular complexity index is 641. The number of anilines is 1. The molecule has 0 aromatic carbocycles. The predicted molar refractivity (Wildman–Crippen MR) is 73.0 cm³/mol. The van der Waals surface area contributed by atoms with Gasteiger partial charge < -0.3 is 10.4 Å². The Hall–Kier alpha value is -2.23. The molecule has 2 rings (SSSR count). The van der Waals surface area contributed by atoms with Crippen LogP contribution in [-0.2, 0) is 0 Å². The molecule has 0 aliphatic carbocycles. The van der Waals surface area contributed by atoms with Crippen molar-refractivity contribution in [3.05, 3.63) is 40.1 Å². The van der Waals surface area contributed by atoms with Gasteiger partial charge in [-0.25, -0.2) is 9.97 Å². The van der Waals surface area contributed by atoms with Crippen molar-refractivity contribution in [1.29, 1.82) is 0 Å². The van der Waals surface area contributed by atoms with Gasteiger partial charge in [0.05, 0.1) is 27.8 Å². The van der Waals surface area contributed by atoms with E-state index in [0.29, 0.717) is 10.6 Å². The minimum Gasteiger partial charge on any atom is -0.384 e. The zero-order valence-corrected chi connectivity index (χ0v) is 11.0. The molecule has 0 atom stereocenters. The van der Waals surface area contributed by atoms with Crippen molar-refractivity contribution in [2.45, 2.75) is 6.92 Å². The minimum atomic E-state index is -0.222. The van der Waals surface area contributed by atoms with Gasteiger partial charge in [-0.05, 0) is 18.6 Å². The number of aliphatic hydroxyl groups excluding tert-OH is 1. The minimum absolute atomic E-state index is 0.194. The number of thiophene rings is 1. The highest BCUT2D eigenvalue weighted by Crippen LogP contribution is 2.21. The van der Waals surface area contributed by atoms with Crippen molar-refractivity contribution in [2.24, 2.45) is 0 Å². The molecule has 2 N–H and O–H groups in total. The molecule has 2 aromatic rings. The SMILES string of the molecule is Cc1cc(C(=O)Nc2cncnc2)sc1C#CCO. The molecule has 0 unspecified atom stereocenters. The summed E-state index contributed by atoms with van der Waals surface area (Å²) < 4.78 is 0. The summed E-state index contributed by atoms with van der Waals surface area (Å²) in [5.41, 5.74) is 1.46. The molecule has 0 bridgehead atoms. The van der Waals surface area contributed by atoms with Crippen molar-refractivity contribution < 1.29 is 9.90 Å². The van der Waals surface area contributed by atoms with Crippen LogP contribution in [0.25, 0.3) is 0 Å². The average molecular weight is 273 g/mol. The third kappa shape index (κ3) is 3.37. The fourth-order valence-corrected chi connectivity index (χ4v) is 2.34. The van der Waals surface area contributed by atoms with Crippen LogP contribution in [0.1, 0.15) is 20.1 Å². The largest absolute Gasteiger partial charge is 0.384 e. The van der Waals surface area contributed by atoms with Crippen molar-refractivity contribution in [1.82, 2.24) is 9.97 Å². The lowest BCUT2D eigenvalue weighted by Gasteiger charge is -2.00. The monoisotopic (exact) mass is 273 g/mol. The van der Waals surface area contributed by atoms with Crippen LogP contribution in [0.5, 0.6) is 0 Å². The Balaban J connectivity index is 2.16. The predicted octanol–water partition coefficient (Wildman–Crippen LogP) is 1.44. The van der Waals surface area contributed by atoms with Gasteiger partial charge in [-0.3, -0.25) is 4.79 Å². The van der Waals surface area contributed by atoms with Crippen LogP contribution in [0.3, 0.4) is 0 Å². The number of amides is 1. The van der Waals surface area contributed by atoms with Gasteiger partial charge in [-0.1, -0.05) is 11.8 Å². The summed E-state index contributed by atoms with van der Waals surface area (Å²) in [5, 5.41) is 11.4. The molecule has 96 valence electrons. The maximum Gasteiger partial charge on any atom is 0.265 e. The maximum atomic E-state index is 12.0. The standard InChI is InChI=1S/C13H11N3O2S/c1-9-5-12(19-11(9)3-2-4-17)13(18)16-10-6-14-8-15-7-10/h5-8,17H,4H2,1H3,(H,16,18). The van der Waals surface area contributed by atoms with E-state index in [1.807, 2.05) is 6.92 Å². The summed E-state index contributed by atoms with van der Waals surface area (Å²) in [6.45, 7) is 1.68. The molecule has 2 heterocycles. The van der Waals surface area contributed by atoms with Crippen molar-refractivity contribution in [3.63, 3.8) is 0 Å². The molecule has 0 saturated heterocycles. The Morgan fingerprint density at radius 1 is 1.47 bits per heavy atom. The Kier molecular flexibility index (Phi) is 4.23. The normalized spacial score (nSPS) is 9.58. The number of carbonyl (C=O) groups excluding carboxylic acids is 1. The van der Waals surface area contributed by atoms with E-state index in [0.717, 1.165) is 10.4 Å². The first-order valence-electron chi connectivity index (χ1n) is 5.47. The third-order valence-corrected chi connectivity index (χ3v) is 3.39. The van der Waals surface area contributed by atoms with Crippen molar-refractivity contribution in [2.75, 3.05) is 11.9 Å². The lowest BCUT2D eigenvalue weighted by atomic mass is 10.2. The summed E-state index contributed by atoms with van der Waals surface area (Å²) in [6, 6.07) is 1.77. The molecular weight excluding hydrogens is 262 g/mol. The van der Waals surface area contributed by atoms with Gasteiger partial charge in [-0.2, -0.15) is 0 Å². The molecule has 0 fully saturated rings. The third-order valence-electron chi connectivity index (χ3n) is 2.24. The van der Waals surface area contributed by atoms with E-state index < -0.39 is 0 Å². The summed E-state index contributed by atoms with van der Waals surface area (Å²) in [6.07, 6.45) is 4.45. The number of nitrogens with zero attached hydrogens (tertiary/aromatic N) is 2. The summed E-state index contributed by atoms with van der Waals surface area (Å²) in [4.78, 5) is 21.0. The second kappa shape index (κ2) is 6.09. The van der Waals surface area contributed by atoms with Gasteiger partial charge in [0.2, 0.25) is 0 Å². The molecule has 0 spiro atoms. The van der Waals surface area contributed by atoms with Gasteiger partial charge in [0.25, 0.3) is 5.91 Å². The lowest BCUT2D eigenvalue weighted by molar-refractivity contribution is 0.103. The first kappa shape index (κ1) is 13.2. The topological polar surface area (TPSA) is 75.1 Å². The van der Waals surface area contributed by atoms with E-state index in [2.05, 4.69) is 27.1 Å². The molecule has 0 aliphatic heterocycles. The molecule has 0 saturated carbocycles. The highest BCUT2D eigenvalue weighted by atomic mass is 32.1. The Morgan fingerprint density at radius 3 is 2.89 bits per heavy atom. The molecule has 6 heteroatoms. The summed E-state index contributed by atoms with van der Waals surface area (Å²) in [7, 11) is 0. The summed E-state index contributed by atoms with van der Waals surface area (Å²) >= 11 is 1.29. The number of hydrogen-bond donors (Lipinski definition) is 2. The molecule has 0 aliphatic rings. The highest BCUT2D eigenvalue weighted by Gasteiger charge is 2.11. The van der Waals surface area contributed by atoms with Gasteiger partial charge in [0, 0.05) is 0 Å². The van der Waals surface area contributed by atoms with Crippen LogP contribution in [0.2, 0.25) is 0 Å². The van der Waals surface area contributed by atoms with E-state index in [4.69, 9.17) is 5.11 Å². The average Bonchev–Trinajstić information content (AvgIpc) is 2.79. The fraction of sp³-hybridized carbons (Fsp3) is 0.154. The van der Waals surface area contributed by atoms with E-state index in [1.54, 1.807) is 6.07 Å². The van der Waals surface area contributed by atoms with E-state index in [9.17, 15) is 4.79 Å². The molecule has 5 nitrogen and oxygen atoms in total. The van der Waals surface area contributed by atoms with Gasteiger partial charge >= 0.3 is 0 Å². The summed E-state index contributed by atoms with van der Waals surface area (Å²) in [5.74, 6) is 5.16. The fourth-order valence-electron chi connectivity index (χ4n) is 1.39. The number of nitrogens with one attached hydrogen (secondary N) is 1. The molecule has 19 heavy (non-hydrogen) atoms. The molecule has 2 aromatic heterocycles. The van der Waals surface area contributed by atoms with Crippen molar-refractivity contribution >= 4 is 22.9 Å². The van der Waals surface area contributed by atoms with Crippen LogP contribution >= 0.6 is 11.3 Å². The highest BCUT2D eigenvalue weighted by molar-refractivity contribution is 7.14. The molecule has 0 radical (unpaired) electrons. The van der Waals surface area contributed by atoms with Gasteiger partial charge in [0.1, 0.15) is 12.9 Å². The van der Waals surface area contributed by atoms with Crippen LogP contribution in [0.4, 0.5) is 5.69 Å². The van der Waals surface area contributed by atoms with Gasteiger partial charge in [-0.15, -0.1) is 11.3 Å². The maximum absolute atomic E-state index is 12.0. The van der Waals surface area contributed by atoms with E-state index in [1.165, 1.54) is 30.1 Å². The number of aromatic nitrogens is 2. The zero-order valence-electron chi connectivity index (χ0n) is 10.2. The van der Waals surface area contributed by atoms with E-state index in [-0.39, 0.29) is 12.5 Å². The lowest BCUT2D eigenvalue weighted by Crippen LogP contribution is -2.10. The second-order valence-corrected chi connectivity index (χ2v) is 4.72. The van der Waals surface area contributed by atoms with Crippen LogP contribution in [0.15, 0.2) is 24.8 Å². The molecular formula is C13H11N3O2S. The Labute approximate surface area is 114 Å². The van der Waals surface area contributed by atoms with Crippen LogP contribution < -0.4 is 5.32 Å². The molecule has 1 amide bonds.